The first-order chi connectivity index (χ1) is 7.31. The number of esters is 1. The summed E-state index contributed by atoms with van der Waals surface area (Å²) in [5, 5.41) is 25.8. The number of nitrogens with two attached hydrogens (primary N) is 1. The highest BCUT2D eigenvalue weighted by Crippen LogP contribution is 2.03. The monoisotopic (exact) mass is 253 g/mol. The molecule has 2 unspecified atom stereocenters. The quantitative estimate of drug-likeness (QED) is 0.262. The van der Waals surface area contributed by atoms with Crippen molar-refractivity contribution in [1.82, 2.24) is 0 Å². The van der Waals surface area contributed by atoms with Gasteiger partial charge in [-0.25, -0.2) is 9.59 Å². The van der Waals surface area contributed by atoms with Gasteiger partial charge in [0.05, 0.1) is 0 Å². The maximum atomic E-state index is 11.1. The number of aliphatic carboxylic acids is 2. The Morgan fingerprint density at radius 1 is 1.25 bits per heavy atom. The van der Waals surface area contributed by atoms with E-state index in [1.807, 2.05) is 0 Å². The average Bonchev–Trinajstić information content (AvgIpc) is 2.22. The molecule has 0 radical (unpaired) electrons. The van der Waals surface area contributed by atoms with Gasteiger partial charge in [0.15, 0.2) is 6.10 Å². The minimum Gasteiger partial charge on any atom is -0.479 e. The molecule has 0 bridgehead atoms. The van der Waals surface area contributed by atoms with Crippen molar-refractivity contribution in [3.63, 3.8) is 0 Å². The first-order valence-electron chi connectivity index (χ1n) is 4.01. The number of carboxylic acids is 2. The van der Waals surface area contributed by atoms with Gasteiger partial charge in [-0.1, -0.05) is 0 Å². The predicted molar refractivity (Wildman–Crippen MR) is 53.0 cm³/mol. The molecule has 0 spiro atoms. The summed E-state index contributed by atoms with van der Waals surface area (Å²) < 4.78 is 4.24. The zero-order chi connectivity index (χ0) is 12.9. The van der Waals surface area contributed by atoms with Gasteiger partial charge < -0.3 is 25.8 Å². The molecule has 9 heteroatoms. The van der Waals surface area contributed by atoms with Gasteiger partial charge in [-0.2, -0.15) is 12.6 Å². The van der Waals surface area contributed by atoms with Crippen LogP contribution in [-0.4, -0.2) is 57.2 Å². The Morgan fingerprint density at radius 3 is 2.06 bits per heavy atom. The summed E-state index contributed by atoms with van der Waals surface area (Å²) in [6.07, 6.45) is -4.55. The minimum atomic E-state index is -2.35. The molecule has 0 aliphatic rings. The van der Waals surface area contributed by atoms with Crippen LogP contribution < -0.4 is 5.73 Å². The van der Waals surface area contributed by atoms with Crippen molar-refractivity contribution in [3.05, 3.63) is 0 Å². The molecule has 8 nitrogen and oxygen atoms in total. The molecule has 0 fully saturated rings. The Hall–Kier alpha value is -1.32. The summed E-state index contributed by atoms with van der Waals surface area (Å²) in [6, 6.07) is -1.19. The largest absolute Gasteiger partial charge is 0.479 e. The second-order valence-electron chi connectivity index (χ2n) is 2.77. The van der Waals surface area contributed by atoms with Crippen LogP contribution in [0.2, 0.25) is 0 Å². The Morgan fingerprint density at radius 2 is 1.75 bits per heavy atom. The topological polar surface area (TPSA) is 147 Å². The highest BCUT2D eigenvalue weighted by atomic mass is 32.1. The fourth-order valence-electron chi connectivity index (χ4n) is 0.666. The molecule has 0 aliphatic heterocycles. The predicted octanol–water partition coefficient (Wildman–Crippen LogP) is -2.31. The molecule has 16 heavy (non-hydrogen) atoms. The normalized spacial score (nSPS) is 15.9. The van der Waals surface area contributed by atoms with Gasteiger partial charge in [-0.05, 0) is 0 Å². The lowest BCUT2D eigenvalue weighted by Crippen LogP contribution is -2.46. The number of ether oxygens (including phenoxy) is 1. The second-order valence-corrected chi connectivity index (χ2v) is 3.13. The van der Waals surface area contributed by atoms with Crippen LogP contribution in [0.15, 0.2) is 0 Å². The molecule has 0 saturated heterocycles. The fourth-order valence-corrected chi connectivity index (χ4v) is 0.816. The Labute approximate surface area is 95.4 Å². The summed E-state index contributed by atoms with van der Waals surface area (Å²) in [6.45, 7) is 0. The van der Waals surface area contributed by atoms with Crippen LogP contribution >= 0.6 is 12.6 Å². The van der Waals surface area contributed by atoms with Crippen LogP contribution in [0.1, 0.15) is 0 Å². The number of carboxylic acid groups (broad SMARTS) is 2. The van der Waals surface area contributed by atoms with Crippen LogP contribution in [0, 0.1) is 0 Å². The van der Waals surface area contributed by atoms with Crippen molar-refractivity contribution in [2.75, 3.05) is 5.75 Å². The van der Waals surface area contributed by atoms with Crippen LogP contribution in [0.5, 0.6) is 0 Å². The second kappa shape index (κ2) is 6.30. The summed E-state index contributed by atoms with van der Waals surface area (Å²) >= 11 is 3.67. The van der Waals surface area contributed by atoms with E-state index in [0.29, 0.717) is 0 Å². The molecule has 0 aromatic carbocycles. The third-order valence-electron chi connectivity index (χ3n) is 1.53. The van der Waals surface area contributed by atoms with Crippen LogP contribution in [0.3, 0.4) is 0 Å². The van der Waals surface area contributed by atoms with Crippen molar-refractivity contribution in [1.29, 1.82) is 0 Å². The standard InChI is InChI=1S/C7H11NO7S/c8-2(1-16)7(14)15-4(6(12)13)3(9)5(10)11/h2-4,9,16H,1,8H2,(H,10,11)(H,12,13)/t2-,3?,4?/m0/s1. The zero-order valence-corrected chi connectivity index (χ0v) is 8.83. The number of hydrogen-bond donors (Lipinski definition) is 5. The maximum Gasteiger partial charge on any atom is 0.348 e. The Bertz CT molecular complexity index is 294. The Kier molecular flexibility index (Phi) is 5.78. The van der Waals surface area contributed by atoms with Crippen molar-refractivity contribution in [2.45, 2.75) is 18.2 Å². The average molecular weight is 253 g/mol. The summed E-state index contributed by atoms with van der Waals surface area (Å²) in [4.78, 5) is 31.9. The minimum absolute atomic E-state index is 0.103. The third kappa shape index (κ3) is 4.04. The number of hydrogen-bond acceptors (Lipinski definition) is 7. The van der Waals surface area contributed by atoms with E-state index in [4.69, 9.17) is 21.1 Å². The maximum absolute atomic E-state index is 11.1. The van der Waals surface area contributed by atoms with E-state index in [0.717, 1.165) is 0 Å². The molecule has 0 aromatic heterocycles. The molecule has 5 N–H and O–H groups in total. The zero-order valence-electron chi connectivity index (χ0n) is 7.94. The van der Waals surface area contributed by atoms with Crippen LogP contribution in [-0.2, 0) is 19.1 Å². The number of carbonyl (C=O) groups excluding carboxylic acids is 1. The lowest BCUT2D eigenvalue weighted by Gasteiger charge is -2.18. The third-order valence-corrected chi connectivity index (χ3v) is 1.92. The molecule has 0 rings (SSSR count). The van der Waals surface area contributed by atoms with E-state index in [-0.39, 0.29) is 5.75 Å². The molecule has 0 saturated carbocycles. The van der Waals surface area contributed by atoms with Gasteiger partial charge in [-0.3, -0.25) is 4.79 Å². The highest BCUT2D eigenvalue weighted by molar-refractivity contribution is 7.80. The number of rotatable bonds is 6. The van der Waals surface area contributed by atoms with Gasteiger partial charge in [0.25, 0.3) is 0 Å². The number of aliphatic hydroxyl groups excluding tert-OH is 1. The van der Waals surface area contributed by atoms with E-state index in [1.54, 1.807) is 0 Å². The molecule has 0 aliphatic carbocycles. The first-order valence-corrected chi connectivity index (χ1v) is 4.65. The molecular weight excluding hydrogens is 242 g/mol. The SMILES string of the molecule is N[C@@H](CS)C(=O)OC(C(=O)O)C(O)C(=O)O. The number of thiol groups is 1. The summed E-state index contributed by atoms with van der Waals surface area (Å²) in [7, 11) is 0. The van der Waals surface area contributed by atoms with Gasteiger partial charge in [0.2, 0.25) is 6.10 Å². The van der Waals surface area contributed by atoms with Crippen LogP contribution in [0.4, 0.5) is 0 Å². The molecule has 92 valence electrons. The van der Waals surface area contributed by atoms with E-state index >= 15 is 0 Å². The van der Waals surface area contributed by atoms with Crippen molar-refractivity contribution in [3.8, 4) is 0 Å². The molecule has 0 amide bonds. The van der Waals surface area contributed by atoms with Gasteiger partial charge in [0.1, 0.15) is 6.04 Å². The van der Waals surface area contributed by atoms with E-state index in [9.17, 15) is 14.4 Å². The van der Waals surface area contributed by atoms with Gasteiger partial charge in [0, 0.05) is 5.75 Å². The van der Waals surface area contributed by atoms with Crippen molar-refractivity contribution in [2.24, 2.45) is 5.73 Å². The van der Waals surface area contributed by atoms with E-state index in [1.165, 1.54) is 0 Å². The molecular formula is C7H11NO7S. The molecule has 0 aromatic rings. The number of carbonyl (C=O) groups is 3. The lowest BCUT2D eigenvalue weighted by atomic mass is 10.2. The number of aliphatic hydroxyl groups is 1. The molecule has 0 heterocycles. The summed E-state index contributed by atoms with van der Waals surface area (Å²) in [5.74, 6) is -4.86. The van der Waals surface area contributed by atoms with Gasteiger partial charge in [-0.15, -0.1) is 0 Å². The smallest absolute Gasteiger partial charge is 0.348 e. The van der Waals surface area contributed by atoms with Crippen molar-refractivity contribution < 1.29 is 34.4 Å². The fraction of sp³-hybridized carbons (Fsp3) is 0.571. The molecule has 3 atom stereocenters. The van der Waals surface area contributed by atoms with E-state index < -0.39 is 36.2 Å². The Balaban J connectivity index is 4.64. The van der Waals surface area contributed by atoms with Gasteiger partial charge >= 0.3 is 17.9 Å². The van der Waals surface area contributed by atoms with E-state index in [2.05, 4.69) is 17.4 Å². The highest BCUT2D eigenvalue weighted by Gasteiger charge is 2.36. The first kappa shape index (κ1) is 14.7. The lowest BCUT2D eigenvalue weighted by molar-refractivity contribution is -0.178. The van der Waals surface area contributed by atoms with Crippen molar-refractivity contribution >= 4 is 30.5 Å². The summed E-state index contributed by atoms with van der Waals surface area (Å²) in [5.41, 5.74) is 5.17. The van der Waals surface area contributed by atoms with Crippen LogP contribution in [0.25, 0.3) is 0 Å².